The highest BCUT2D eigenvalue weighted by Crippen LogP contribution is 2.40. The number of nitrogens with one attached hydrogen (secondary N) is 2. The van der Waals surface area contributed by atoms with Gasteiger partial charge in [-0.25, -0.2) is 4.39 Å². The van der Waals surface area contributed by atoms with Gasteiger partial charge in [-0.1, -0.05) is 62.9 Å². The third kappa shape index (κ3) is 5.14. The summed E-state index contributed by atoms with van der Waals surface area (Å²) in [4.78, 5) is 68.3. The summed E-state index contributed by atoms with van der Waals surface area (Å²) < 4.78 is 14.8. The highest BCUT2D eigenvalue weighted by Gasteiger charge is 2.48. The molecular weight excluding hydrogens is 527 g/mol. The average molecular weight is 561 g/mol. The number of anilines is 1. The zero-order chi connectivity index (χ0) is 29.5. The van der Waals surface area contributed by atoms with Gasteiger partial charge in [-0.2, -0.15) is 0 Å². The number of nitrogens with zero attached hydrogens (tertiary/aromatic N) is 2. The number of piperidine rings is 1. The SMILES string of the molecule is C=C(F)C(=O)N(c1cccc2c1C(=O)N(C1CCC(=O)NC1=O)C2)C(C(=O)NC1CCC1)C(C)(C)c1ccccc1. The van der Waals surface area contributed by atoms with Crippen LogP contribution in [0.25, 0.3) is 0 Å². The fourth-order valence-corrected chi connectivity index (χ4v) is 5.92. The minimum atomic E-state index is -1.28. The predicted molar refractivity (Wildman–Crippen MR) is 149 cm³/mol. The number of fused-ring (bicyclic) bond motifs is 1. The number of hydrogen-bond acceptors (Lipinski definition) is 5. The van der Waals surface area contributed by atoms with E-state index in [0.29, 0.717) is 5.56 Å². The van der Waals surface area contributed by atoms with E-state index in [1.807, 2.05) is 30.3 Å². The van der Waals surface area contributed by atoms with E-state index in [-0.39, 0.29) is 36.7 Å². The maximum Gasteiger partial charge on any atom is 0.287 e. The molecule has 9 nitrogen and oxygen atoms in total. The van der Waals surface area contributed by atoms with E-state index in [0.717, 1.165) is 29.7 Å². The number of amides is 5. The fourth-order valence-electron chi connectivity index (χ4n) is 5.92. The minimum absolute atomic E-state index is 0.0591. The molecule has 0 spiro atoms. The highest BCUT2D eigenvalue weighted by atomic mass is 19.1. The first-order valence-electron chi connectivity index (χ1n) is 13.8. The maximum absolute atomic E-state index is 14.8. The quantitative estimate of drug-likeness (QED) is 0.380. The monoisotopic (exact) mass is 560 g/mol. The van der Waals surface area contributed by atoms with Gasteiger partial charge >= 0.3 is 0 Å². The predicted octanol–water partition coefficient (Wildman–Crippen LogP) is 3.28. The second-order valence-electron chi connectivity index (χ2n) is 11.4. The van der Waals surface area contributed by atoms with E-state index in [4.69, 9.17) is 0 Å². The van der Waals surface area contributed by atoms with E-state index >= 15 is 0 Å². The van der Waals surface area contributed by atoms with Crippen molar-refractivity contribution in [2.45, 2.75) is 76.0 Å². The van der Waals surface area contributed by atoms with Crippen molar-refractivity contribution in [1.29, 1.82) is 0 Å². The van der Waals surface area contributed by atoms with Crippen molar-refractivity contribution in [1.82, 2.24) is 15.5 Å². The summed E-state index contributed by atoms with van der Waals surface area (Å²) in [5.74, 6) is -4.40. The molecular formula is C31H33FN4O5. The molecule has 2 N–H and O–H groups in total. The second kappa shape index (κ2) is 10.9. The lowest BCUT2D eigenvalue weighted by Gasteiger charge is -2.43. The molecule has 2 aromatic rings. The molecule has 1 saturated heterocycles. The Bertz CT molecular complexity index is 1440. The van der Waals surface area contributed by atoms with Gasteiger partial charge in [0.05, 0.1) is 11.3 Å². The van der Waals surface area contributed by atoms with Crippen LogP contribution < -0.4 is 15.5 Å². The number of benzene rings is 2. The molecule has 1 aliphatic carbocycles. The lowest BCUT2D eigenvalue weighted by atomic mass is 9.75. The van der Waals surface area contributed by atoms with E-state index in [2.05, 4.69) is 17.2 Å². The van der Waals surface area contributed by atoms with Gasteiger partial charge in [0.2, 0.25) is 17.7 Å². The second-order valence-corrected chi connectivity index (χ2v) is 11.4. The number of rotatable bonds is 8. The van der Waals surface area contributed by atoms with Gasteiger partial charge < -0.3 is 10.2 Å². The third-order valence-electron chi connectivity index (χ3n) is 8.40. The first kappa shape index (κ1) is 28.2. The summed E-state index contributed by atoms with van der Waals surface area (Å²) in [7, 11) is 0. The molecule has 5 amide bonds. The summed E-state index contributed by atoms with van der Waals surface area (Å²) >= 11 is 0. The standard InChI is InChI=1S/C31H33FN4O5/c1-18(32)29(40)36(26(28(39)33-21-12-8-13-21)31(2,3)20-10-5-4-6-11-20)22-14-7-9-19-17-35(30(41)25(19)22)23-15-16-24(37)34-27(23)38/h4-7,9-11,14,21,23,26H,1,8,12-13,15-17H2,2-3H3,(H,33,39)(H,34,37,38). The van der Waals surface area contributed by atoms with Crippen LogP contribution in [0.3, 0.4) is 0 Å². The van der Waals surface area contributed by atoms with Crippen LogP contribution in [0.5, 0.6) is 0 Å². The highest BCUT2D eigenvalue weighted by molar-refractivity contribution is 6.14. The number of carbonyl (C=O) groups is 5. The molecule has 0 aromatic heterocycles. The average Bonchev–Trinajstić information content (AvgIpc) is 3.25. The Morgan fingerprint density at radius 3 is 2.39 bits per heavy atom. The van der Waals surface area contributed by atoms with Crippen molar-refractivity contribution in [3.8, 4) is 0 Å². The lowest BCUT2D eigenvalue weighted by Crippen LogP contribution is -2.60. The molecule has 10 heteroatoms. The summed E-state index contributed by atoms with van der Waals surface area (Å²) in [6.07, 6.45) is 2.82. The van der Waals surface area contributed by atoms with Crippen molar-refractivity contribution in [2.24, 2.45) is 0 Å². The van der Waals surface area contributed by atoms with Crippen LogP contribution in [0.4, 0.5) is 10.1 Å². The van der Waals surface area contributed by atoms with E-state index in [1.54, 1.807) is 26.0 Å². The maximum atomic E-state index is 14.8. The number of hydrogen-bond donors (Lipinski definition) is 2. The fraction of sp³-hybridized carbons (Fsp3) is 0.387. The number of carbonyl (C=O) groups excluding carboxylic acids is 5. The molecule has 2 atom stereocenters. The van der Waals surface area contributed by atoms with Crippen LogP contribution in [0, 0.1) is 0 Å². The zero-order valence-corrected chi connectivity index (χ0v) is 23.1. The van der Waals surface area contributed by atoms with Crippen molar-refractivity contribution in [3.05, 3.63) is 77.6 Å². The molecule has 2 unspecified atom stereocenters. The molecule has 2 heterocycles. The largest absolute Gasteiger partial charge is 0.352 e. The van der Waals surface area contributed by atoms with Gasteiger partial charge in [0.1, 0.15) is 12.1 Å². The van der Waals surface area contributed by atoms with Crippen LogP contribution in [0.1, 0.15) is 67.4 Å². The van der Waals surface area contributed by atoms with Gasteiger partial charge in [0.25, 0.3) is 11.8 Å². The van der Waals surface area contributed by atoms with Gasteiger partial charge in [-0.3, -0.25) is 34.2 Å². The Morgan fingerprint density at radius 2 is 1.78 bits per heavy atom. The smallest absolute Gasteiger partial charge is 0.287 e. The van der Waals surface area contributed by atoms with Crippen molar-refractivity contribution in [3.63, 3.8) is 0 Å². The van der Waals surface area contributed by atoms with Crippen LogP contribution in [0.2, 0.25) is 0 Å². The Hall–Kier alpha value is -4.34. The summed E-state index contributed by atoms with van der Waals surface area (Å²) in [6, 6.07) is 11.8. The lowest BCUT2D eigenvalue weighted by molar-refractivity contribution is -0.137. The molecule has 0 radical (unpaired) electrons. The zero-order valence-electron chi connectivity index (χ0n) is 23.1. The third-order valence-corrected chi connectivity index (χ3v) is 8.40. The summed E-state index contributed by atoms with van der Waals surface area (Å²) in [6.45, 7) is 6.90. The Morgan fingerprint density at radius 1 is 1.07 bits per heavy atom. The molecule has 2 fully saturated rings. The van der Waals surface area contributed by atoms with Crippen molar-refractivity contribution < 1.29 is 28.4 Å². The molecule has 5 rings (SSSR count). The van der Waals surface area contributed by atoms with Crippen molar-refractivity contribution in [2.75, 3.05) is 4.90 Å². The Labute approximate surface area is 237 Å². The van der Waals surface area contributed by atoms with Crippen LogP contribution in [-0.4, -0.2) is 52.6 Å². The molecule has 1 saturated carbocycles. The molecule has 0 bridgehead atoms. The Balaban J connectivity index is 1.62. The van der Waals surface area contributed by atoms with E-state index < -0.39 is 52.9 Å². The van der Waals surface area contributed by atoms with Gasteiger partial charge in [-0.15, -0.1) is 0 Å². The van der Waals surface area contributed by atoms with Crippen LogP contribution >= 0.6 is 0 Å². The molecule has 3 aliphatic rings. The first-order chi connectivity index (χ1) is 19.5. The van der Waals surface area contributed by atoms with Crippen LogP contribution in [-0.2, 0) is 31.1 Å². The molecule has 41 heavy (non-hydrogen) atoms. The minimum Gasteiger partial charge on any atom is -0.352 e. The summed E-state index contributed by atoms with van der Waals surface area (Å²) in [5, 5.41) is 5.29. The van der Waals surface area contributed by atoms with E-state index in [9.17, 15) is 28.4 Å². The molecule has 2 aliphatic heterocycles. The molecule has 214 valence electrons. The van der Waals surface area contributed by atoms with Gasteiger partial charge in [-0.05, 0) is 42.9 Å². The molecule has 2 aromatic carbocycles. The van der Waals surface area contributed by atoms with E-state index in [1.165, 1.54) is 11.0 Å². The summed E-state index contributed by atoms with van der Waals surface area (Å²) in [5.41, 5.74) is 0.393. The van der Waals surface area contributed by atoms with Crippen LogP contribution in [0.15, 0.2) is 60.9 Å². The van der Waals surface area contributed by atoms with Gasteiger partial charge in [0, 0.05) is 24.4 Å². The first-order valence-corrected chi connectivity index (χ1v) is 13.8. The Kier molecular flexibility index (Phi) is 7.50. The van der Waals surface area contributed by atoms with Crippen molar-refractivity contribution >= 4 is 35.2 Å². The normalized spacial score (nSPS) is 19.6. The topological polar surface area (TPSA) is 116 Å². The van der Waals surface area contributed by atoms with Gasteiger partial charge in [0.15, 0.2) is 5.83 Å². The number of imide groups is 1. The number of halogens is 1.